The SMILES string of the molecule is CCC(C)CCC(CC)C(N)=O. The molecule has 0 saturated carbocycles. The van der Waals surface area contributed by atoms with Crippen LogP contribution in [-0.4, -0.2) is 5.91 Å². The van der Waals surface area contributed by atoms with Crippen LogP contribution in [0.15, 0.2) is 0 Å². The molecule has 0 aromatic rings. The van der Waals surface area contributed by atoms with Crippen LogP contribution in [0.1, 0.15) is 46.5 Å². The minimum absolute atomic E-state index is 0.0963. The maximum atomic E-state index is 10.9. The van der Waals surface area contributed by atoms with Gasteiger partial charge in [-0.1, -0.05) is 27.2 Å². The number of rotatable bonds is 6. The molecule has 0 aliphatic heterocycles. The third kappa shape index (κ3) is 4.37. The fourth-order valence-corrected chi connectivity index (χ4v) is 1.24. The first-order valence-corrected chi connectivity index (χ1v) is 4.91. The minimum Gasteiger partial charge on any atom is -0.369 e. The second-order valence-electron chi connectivity index (χ2n) is 3.60. The van der Waals surface area contributed by atoms with Crippen molar-refractivity contribution in [3.8, 4) is 0 Å². The lowest BCUT2D eigenvalue weighted by Gasteiger charge is -2.13. The molecule has 2 nitrogen and oxygen atoms in total. The van der Waals surface area contributed by atoms with Crippen molar-refractivity contribution in [2.75, 3.05) is 0 Å². The Labute approximate surface area is 75.5 Å². The molecule has 0 aliphatic rings. The first-order valence-electron chi connectivity index (χ1n) is 4.91. The van der Waals surface area contributed by atoms with Crippen LogP contribution in [0.4, 0.5) is 0 Å². The zero-order valence-corrected chi connectivity index (χ0v) is 8.47. The Hall–Kier alpha value is -0.530. The molecular weight excluding hydrogens is 150 g/mol. The predicted molar refractivity (Wildman–Crippen MR) is 51.7 cm³/mol. The van der Waals surface area contributed by atoms with Gasteiger partial charge in [-0.3, -0.25) is 4.79 Å². The molecule has 0 aromatic heterocycles. The van der Waals surface area contributed by atoms with Crippen LogP contribution in [-0.2, 0) is 4.79 Å². The lowest BCUT2D eigenvalue weighted by atomic mass is 9.93. The number of amides is 1. The number of carbonyl (C=O) groups excluding carboxylic acids is 1. The highest BCUT2D eigenvalue weighted by atomic mass is 16.1. The Morgan fingerprint density at radius 1 is 1.25 bits per heavy atom. The molecule has 0 spiro atoms. The van der Waals surface area contributed by atoms with E-state index in [0.717, 1.165) is 25.2 Å². The van der Waals surface area contributed by atoms with Gasteiger partial charge in [-0.15, -0.1) is 0 Å². The van der Waals surface area contributed by atoms with Crippen molar-refractivity contribution in [2.45, 2.75) is 46.5 Å². The van der Waals surface area contributed by atoms with Gasteiger partial charge in [-0.25, -0.2) is 0 Å². The highest BCUT2D eigenvalue weighted by molar-refractivity contribution is 5.76. The number of primary amides is 1. The van der Waals surface area contributed by atoms with Crippen LogP contribution < -0.4 is 5.73 Å². The predicted octanol–water partition coefficient (Wildman–Crippen LogP) is 2.32. The zero-order valence-electron chi connectivity index (χ0n) is 8.47. The standard InChI is InChI=1S/C10H21NO/c1-4-8(3)6-7-9(5-2)10(11)12/h8-9H,4-7H2,1-3H3,(H2,11,12). The van der Waals surface area contributed by atoms with Crippen molar-refractivity contribution in [3.05, 3.63) is 0 Å². The Morgan fingerprint density at radius 2 is 1.83 bits per heavy atom. The van der Waals surface area contributed by atoms with Gasteiger partial charge >= 0.3 is 0 Å². The average molecular weight is 171 g/mol. The van der Waals surface area contributed by atoms with Crippen molar-refractivity contribution in [2.24, 2.45) is 17.6 Å². The lowest BCUT2D eigenvalue weighted by Crippen LogP contribution is -2.22. The van der Waals surface area contributed by atoms with Gasteiger partial charge in [-0.2, -0.15) is 0 Å². The van der Waals surface area contributed by atoms with Gasteiger partial charge < -0.3 is 5.73 Å². The molecule has 2 atom stereocenters. The van der Waals surface area contributed by atoms with Gasteiger partial charge in [0.15, 0.2) is 0 Å². The van der Waals surface area contributed by atoms with E-state index in [2.05, 4.69) is 13.8 Å². The van der Waals surface area contributed by atoms with E-state index in [1.54, 1.807) is 0 Å². The van der Waals surface area contributed by atoms with Gasteiger partial charge in [0.25, 0.3) is 0 Å². The lowest BCUT2D eigenvalue weighted by molar-refractivity contribution is -0.122. The summed E-state index contributed by atoms with van der Waals surface area (Å²) >= 11 is 0. The van der Waals surface area contributed by atoms with Gasteiger partial charge in [0.05, 0.1) is 0 Å². The molecule has 1 amide bonds. The molecule has 0 fully saturated rings. The monoisotopic (exact) mass is 171 g/mol. The molecule has 0 rings (SSSR count). The van der Waals surface area contributed by atoms with Crippen LogP contribution in [0, 0.1) is 11.8 Å². The fraction of sp³-hybridized carbons (Fsp3) is 0.900. The van der Waals surface area contributed by atoms with E-state index in [4.69, 9.17) is 5.73 Å². The minimum atomic E-state index is -0.138. The van der Waals surface area contributed by atoms with Crippen LogP contribution >= 0.6 is 0 Å². The molecular formula is C10H21NO. The maximum absolute atomic E-state index is 10.9. The molecule has 0 aromatic carbocycles. The largest absolute Gasteiger partial charge is 0.369 e. The van der Waals surface area contributed by atoms with E-state index < -0.39 is 0 Å². The number of carbonyl (C=O) groups is 1. The van der Waals surface area contributed by atoms with Crippen molar-refractivity contribution in [3.63, 3.8) is 0 Å². The van der Waals surface area contributed by atoms with E-state index in [1.807, 2.05) is 6.92 Å². The molecule has 2 N–H and O–H groups in total. The molecule has 2 heteroatoms. The fourth-order valence-electron chi connectivity index (χ4n) is 1.24. The molecule has 0 heterocycles. The molecule has 0 radical (unpaired) electrons. The third-order valence-electron chi connectivity index (χ3n) is 2.60. The number of nitrogens with two attached hydrogens (primary N) is 1. The molecule has 2 unspecified atom stereocenters. The van der Waals surface area contributed by atoms with Crippen LogP contribution in [0.5, 0.6) is 0 Å². The van der Waals surface area contributed by atoms with Gasteiger partial charge in [0.2, 0.25) is 5.91 Å². The summed E-state index contributed by atoms with van der Waals surface area (Å²) in [7, 11) is 0. The first kappa shape index (κ1) is 11.5. The topological polar surface area (TPSA) is 43.1 Å². The van der Waals surface area contributed by atoms with Crippen LogP contribution in [0.25, 0.3) is 0 Å². The van der Waals surface area contributed by atoms with Crippen LogP contribution in [0.2, 0.25) is 0 Å². The van der Waals surface area contributed by atoms with Gasteiger partial charge in [0, 0.05) is 5.92 Å². The Balaban J connectivity index is 3.65. The molecule has 0 bridgehead atoms. The summed E-state index contributed by atoms with van der Waals surface area (Å²) < 4.78 is 0. The summed E-state index contributed by atoms with van der Waals surface area (Å²) in [5, 5.41) is 0. The Kier molecular flexibility index (Phi) is 5.77. The average Bonchev–Trinajstić information content (AvgIpc) is 2.04. The van der Waals surface area contributed by atoms with Gasteiger partial charge in [0.1, 0.15) is 0 Å². The highest BCUT2D eigenvalue weighted by Crippen LogP contribution is 2.16. The van der Waals surface area contributed by atoms with E-state index in [0.29, 0.717) is 0 Å². The highest BCUT2D eigenvalue weighted by Gasteiger charge is 2.13. The summed E-state index contributed by atoms with van der Waals surface area (Å²) in [4.78, 5) is 10.9. The molecule has 12 heavy (non-hydrogen) atoms. The molecule has 0 saturated heterocycles. The zero-order chi connectivity index (χ0) is 9.56. The normalized spacial score (nSPS) is 15.6. The summed E-state index contributed by atoms with van der Waals surface area (Å²) in [6, 6.07) is 0. The second-order valence-corrected chi connectivity index (χ2v) is 3.60. The first-order chi connectivity index (χ1) is 5.61. The molecule has 0 aliphatic carbocycles. The summed E-state index contributed by atoms with van der Waals surface area (Å²) in [5.41, 5.74) is 5.24. The Bertz CT molecular complexity index is 134. The van der Waals surface area contributed by atoms with E-state index >= 15 is 0 Å². The van der Waals surface area contributed by atoms with E-state index in [-0.39, 0.29) is 11.8 Å². The van der Waals surface area contributed by atoms with Crippen LogP contribution in [0.3, 0.4) is 0 Å². The second kappa shape index (κ2) is 6.04. The van der Waals surface area contributed by atoms with Gasteiger partial charge in [-0.05, 0) is 25.2 Å². The number of hydrogen-bond acceptors (Lipinski definition) is 1. The Morgan fingerprint density at radius 3 is 2.17 bits per heavy atom. The summed E-state index contributed by atoms with van der Waals surface area (Å²) in [5.74, 6) is 0.679. The van der Waals surface area contributed by atoms with Crippen molar-refractivity contribution in [1.82, 2.24) is 0 Å². The number of hydrogen-bond donors (Lipinski definition) is 1. The third-order valence-corrected chi connectivity index (χ3v) is 2.60. The van der Waals surface area contributed by atoms with Crippen molar-refractivity contribution < 1.29 is 4.79 Å². The molecule has 72 valence electrons. The maximum Gasteiger partial charge on any atom is 0.220 e. The van der Waals surface area contributed by atoms with E-state index in [1.165, 1.54) is 6.42 Å². The van der Waals surface area contributed by atoms with Crippen molar-refractivity contribution >= 4 is 5.91 Å². The quantitative estimate of drug-likeness (QED) is 0.655. The smallest absolute Gasteiger partial charge is 0.220 e. The van der Waals surface area contributed by atoms with E-state index in [9.17, 15) is 4.79 Å². The summed E-state index contributed by atoms with van der Waals surface area (Å²) in [6.45, 7) is 6.41. The van der Waals surface area contributed by atoms with Crippen molar-refractivity contribution in [1.29, 1.82) is 0 Å². The summed E-state index contributed by atoms with van der Waals surface area (Å²) in [6.07, 6.45) is 4.15.